The molecule has 1 saturated heterocycles. The molecule has 0 aromatic carbocycles. The number of rotatable bonds is 4. The zero-order valence-electron chi connectivity index (χ0n) is 9.80. The average molecular weight is 221 g/mol. The lowest BCUT2D eigenvalue weighted by molar-refractivity contribution is -0.0918. The number of alkyl halides is 2. The normalized spacial score (nSPS) is 29.0. The standard InChI is InChI=1S/C11H21F2NO/c1-4-9(2)15-7-10-5-6-11(12,13)8-14(10)3/h9-10H,4-8H2,1-3H3. The highest BCUT2D eigenvalue weighted by atomic mass is 19.3. The summed E-state index contributed by atoms with van der Waals surface area (Å²) in [4.78, 5) is 1.71. The van der Waals surface area contributed by atoms with E-state index in [1.807, 2.05) is 6.92 Å². The van der Waals surface area contributed by atoms with Crippen LogP contribution in [0.2, 0.25) is 0 Å². The lowest BCUT2D eigenvalue weighted by Crippen LogP contribution is -2.48. The van der Waals surface area contributed by atoms with Gasteiger partial charge >= 0.3 is 0 Å². The Balaban J connectivity index is 2.32. The number of halogens is 2. The van der Waals surface area contributed by atoms with Crippen molar-refractivity contribution in [2.75, 3.05) is 20.2 Å². The van der Waals surface area contributed by atoms with Gasteiger partial charge in [0.15, 0.2) is 0 Å². The summed E-state index contributed by atoms with van der Waals surface area (Å²) < 4.78 is 31.6. The molecule has 90 valence electrons. The van der Waals surface area contributed by atoms with E-state index in [-0.39, 0.29) is 25.1 Å². The van der Waals surface area contributed by atoms with Crippen LogP contribution < -0.4 is 0 Å². The summed E-state index contributed by atoms with van der Waals surface area (Å²) in [5.74, 6) is -2.51. The Kier molecular flexibility index (Phi) is 4.46. The van der Waals surface area contributed by atoms with Crippen LogP contribution in [0.3, 0.4) is 0 Å². The highest BCUT2D eigenvalue weighted by Gasteiger charge is 2.38. The monoisotopic (exact) mass is 221 g/mol. The third-order valence-corrected chi connectivity index (χ3v) is 3.10. The molecule has 0 saturated carbocycles. The zero-order chi connectivity index (χ0) is 11.5. The summed E-state index contributed by atoms with van der Waals surface area (Å²) in [5, 5.41) is 0. The van der Waals surface area contributed by atoms with Gasteiger partial charge in [0.05, 0.1) is 19.3 Å². The quantitative estimate of drug-likeness (QED) is 0.723. The summed E-state index contributed by atoms with van der Waals surface area (Å²) in [6, 6.07) is 0.152. The highest BCUT2D eigenvalue weighted by molar-refractivity contribution is 4.83. The van der Waals surface area contributed by atoms with Crippen LogP contribution in [0.1, 0.15) is 33.1 Å². The molecule has 1 fully saturated rings. The topological polar surface area (TPSA) is 12.5 Å². The molecule has 0 aromatic heterocycles. The van der Waals surface area contributed by atoms with E-state index in [1.54, 1.807) is 11.9 Å². The Morgan fingerprint density at radius 1 is 1.53 bits per heavy atom. The summed E-state index contributed by atoms with van der Waals surface area (Å²) >= 11 is 0. The SMILES string of the molecule is CCC(C)OCC1CCC(F)(F)CN1C. The van der Waals surface area contributed by atoms with E-state index >= 15 is 0 Å². The third-order valence-electron chi connectivity index (χ3n) is 3.10. The number of likely N-dealkylation sites (tertiary alicyclic amines) is 1. The first-order valence-corrected chi connectivity index (χ1v) is 5.64. The van der Waals surface area contributed by atoms with Gasteiger partial charge in [-0.1, -0.05) is 6.92 Å². The van der Waals surface area contributed by atoms with Gasteiger partial charge in [0, 0.05) is 12.5 Å². The van der Waals surface area contributed by atoms with Crippen molar-refractivity contribution in [2.45, 2.75) is 51.2 Å². The number of ether oxygens (including phenoxy) is 1. The first-order valence-electron chi connectivity index (χ1n) is 5.64. The Bertz CT molecular complexity index is 199. The first-order chi connectivity index (χ1) is 6.94. The zero-order valence-corrected chi connectivity index (χ0v) is 9.80. The van der Waals surface area contributed by atoms with Gasteiger partial charge in [-0.25, -0.2) is 8.78 Å². The maximum Gasteiger partial charge on any atom is 0.260 e. The fraction of sp³-hybridized carbons (Fsp3) is 1.00. The van der Waals surface area contributed by atoms with Crippen LogP contribution in [-0.4, -0.2) is 43.2 Å². The maximum atomic E-state index is 13.0. The number of nitrogens with zero attached hydrogens (tertiary/aromatic N) is 1. The van der Waals surface area contributed by atoms with E-state index in [9.17, 15) is 8.78 Å². The second-order valence-electron chi connectivity index (χ2n) is 4.52. The first kappa shape index (κ1) is 12.8. The second kappa shape index (κ2) is 5.21. The van der Waals surface area contributed by atoms with Crippen LogP contribution in [0.5, 0.6) is 0 Å². The molecular weight excluding hydrogens is 200 g/mol. The van der Waals surface area contributed by atoms with Crippen LogP contribution >= 0.6 is 0 Å². The molecule has 2 nitrogen and oxygen atoms in total. The predicted molar refractivity (Wildman–Crippen MR) is 56.3 cm³/mol. The van der Waals surface area contributed by atoms with Gasteiger partial charge in [-0.05, 0) is 26.8 Å². The molecule has 1 aliphatic heterocycles. The fourth-order valence-electron chi connectivity index (χ4n) is 1.77. The molecule has 0 radical (unpaired) electrons. The molecule has 0 aliphatic carbocycles. The number of hydrogen-bond acceptors (Lipinski definition) is 2. The molecule has 15 heavy (non-hydrogen) atoms. The molecule has 1 aliphatic rings. The lowest BCUT2D eigenvalue weighted by atomic mass is 10.0. The smallest absolute Gasteiger partial charge is 0.260 e. The van der Waals surface area contributed by atoms with Crippen molar-refractivity contribution in [3.63, 3.8) is 0 Å². The van der Waals surface area contributed by atoms with Crippen molar-refractivity contribution < 1.29 is 13.5 Å². The van der Waals surface area contributed by atoms with E-state index in [1.165, 1.54) is 0 Å². The van der Waals surface area contributed by atoms with Gasteiger partial charge in [0.1, 0.15) is 0 Å². The molecule has 0 amide bonds. The molecule has 0 N–H and O–H groups in total. The van der Waals surface area contributed by atoms with Gasteiger partial charge in [0.25, 0.3) is 5.92 Å². The Morgan fingerprint density at radius 3 is 2.73 bits per heavy atom. The molecule has 2 unspecified atom stereocenters. The van der Waals surface area contributed by atoms with Crippen molar-refractivity contribution in [1.82, 2.24) is 4.90 Å². The summed E-state index contributed by atoms with van der Waals surface area (Å²) in [6.07, 6.45) is 1.71. The molecule has 1 rings (SSSR count). The minimum absolute atomic E-state index is 0.00806. The van der Waals surface area contributed by atoms with Crippen LogP contribution in [0.25, 0.3) is 0 Å². The Morgan fingerprint density at radius 2 is 2.20 bits per heavy atom. The van der Waals surface area contributed by atoms with Crippen LogP contribution in [0.4, 0.5) is 8.78 Å². The maximum absolute atomic E-state index is 13.0. The van der Waals surface area contributed by atoms with Gasteiger partial charge in [0.2, 0.25) is 0 Å². The van der Waals surface area contributed by atoms with E-state index in [0.29, 0.717) is 13.0 Å². The number of likely N-dealkylation sites (N-methyl/N-ethyl adjacent to an activating group) is 1. The van der Waals surface area contributed by atoms with Crippen molar-refractivity contribution >= 4 is 0 Å². The van der Waals surface area contributed by atoms with Crippen molar-refractivity contribution in [1.29, 1.82) is 0 Å². The van der Waals surface area contributed by atoms with E-state index in [0.717, 1.165) is 6.42 Å². The van der Waals surface area contributed by atoms with Gasteiger partial charge in [-0.2, -0.15) is 0 Å². The van der Waals surface area contributed by atoms with Crippen molar-refractivity contribution in [2.24, 2.45) is 0 Å². The van der Waals surface area contributed by atoms with E-state index in [2.05, 4.69) is 6.92 Å². The summed E-state index contributed by atoms with van der Waals surface area (Å²) in [7, 11) is 1.75. The minimum Gasteiger partial charge on any atom is -0.377 e. The van der Waals surface area contributed by atoms with Gasteiger partial charge in [-0.15, -0.1) is 0 Å². The second-order valence-corrected chi connectivity index (χ2v) is 4.52. The van der Waals surface area contributed by atoms with Crippen molar-refractivity contribution in [3.8, 4) is 0 Å². The summed E-state index contributed by atoms with van der Waals surface area (Å²) in [5.41, 5.74) is 0. The lowest BCUT2D eigenvalue weighted by Gasteiger charge is -2.37. The molecule has 0 bridgehead atoms. The van der Waals surface area contributed by atoms with Crippen LogP contribution in [0.15, 0.2) is 0 Å². The van der Waals surface area contributed by atoms with Gasteiger partial charge in [-0.3, -0.25) is 4.90 Å². The fourth-order valence-corrected chi connectivity index (χ4v) is 1.77. The third kappa shape index (κ3) is 4.03. The van der Waals surface area contributed by atoms with Gasteiger partial charge < -0.3 is 4.74 Å². The average Bonchev–Trinajstić information content (AvgIpc) is 2.15. The van der Waals surface area contributed by atoms with E-state index in [4.69, 9.17) is 4.74 Å². The Hall–Kier alpha value is -0.220. The molecule has 4 heteroatoms. The van der Waals surface area contributed by atoms with Crippen molar-refractivity contribution in [3.05, 3.63) is 0 Å². The molecular formula is C11H21F2NO. The summed E-state index contributed by atoms with van der Waals surface area (Å²) in [6.45, 7) is 4.50. The highest BCUT2D eigenvalue weighted by Crippen LogP contribution is 2.29. The molecule has 0 aromatic rings. The molecule has 2 atom stereocenters. The van der Waals surface area contributed by atoms with Crippen LogP contribution in [-0.2, 0) is 4.74 Å². The predicted octanol–water partition coefficient (Wildman–Crippen LogP) is 2.53. The largest absolute Gasteiger partial charge is 0.377 e. The molecule has 1 heterocycles. The van der Waals surface area contributed by atoms with E-state index < -0.39 is 5.92 Å². The number of hydrogen-bond donors (Lipinski definition) is 0. The minimum atomic E-state index is -2.51. The molecule has 0 spiro atoms. The Labute approximate surface area is 90.6 Å². The number of piperidine rings is 1. The van der Waals surface area contributed by atoms with Crippen LogP contribution in [0, 0.1) is 0 Å².